The van der Waals surface area contributed by atoms with Gasteiger partial charge in [0.05, 0.1) is 20.2 Å². The van der Waals surface area contributed by atoms with E-state index in [9.17, 15) is 4.21 Å². The number of pyridine rings is 1. The lowest BCUT2D eigenvalue weighted by molar-refractivity contribution is 0.680. The molecule has 0 fully saturated rings. The highest BCUT2D eigenvalue weighted by molar-refractivity contribution is 7.85. The van der Waals surface area contributed by atoms with Crippen molar-refractivity contribution in [1.82, 2.24) is 4.57 Å². The number of halogens is 1. The zero-order valence-corrected chi connectivity index (χ0v) is 13.8. The summed E-state index contributed by atoms with van der Waals surface area (Å²) in [4.78, 5) is 0.710. The summed E-state index contributed by atoms with van der Waals surface area (Å²) in [7, 11) is 0.840. The van der Waals surface area contributed by atoms with Gasteiger partial charge in [0.25, 0.3) is 0 Å². The molecule has 106 valence electrons. The van der Waals surface area contributed by atoms with Crippen molar-refractivity contribution in [2.24, 2.45) is 7.05 Å². The molecule has 1 unspecified atom stereocenters. The Morgan fingerprint density at radius 1 is 1.25 bits per heavy atom. The van der Waals surface area contributed by atoms with Crippen molar-refractivity contribution in [2.75, 3.05) is 5.75 Å². The Balaban J connectivity index is 2.64. The third-order valence-electron chi connectivity index (χ3n) is 2.92. The Hall–Kier alpha value is -0.970. The van der Waals surface area contributed by atoms with Crippen molar-refractivity contribution in [3.8, 4) is 11.1 Å². The Bertz CT molecular complexity index is 709. The van der Waals surface area contributed by atoms with Gasteiger partial charge in [-0.15, -0.1) is 0 Å². The van der Waals surface area contributed by atoms with Gasteiger partial charge in [0.2, 0.25) is 0 Å². The van der Waals surface area contributed by atoms with Crippen molar-refractivity contribution in [1.29, 1.82) is 0 Å². The molecular weight excluding hydrogens is 310 g/mol. The third kappa shape index (κ3) is 3.19. The van der Waals surface area contributed by atoms with E-state index in [0.29, 0.717) is 20.2 Å². The van der Waals surface area contributed by atoms with E-state index in [2.05, 4.69) is 0 Å². The van der Waals surface area contributed by atoms with Crippen LogP contribution >= 0.6 is 23.8 Å². The predicted molar refractivity (Wildman–Crippen MR) is 88.3 cm³/mol. The topological polar surface area (TPSA) is 22.0 Å². The van der Waals surface area contributed by atoms with Gasteiger partial charge in [0.1, 0.15) is 0 Å². The standard InChI is InChI=1S/C15H16ClNOS2/c1-3-8-20(18)14-10-17(2)9-12(15(14)19)11-6-4-5-7-13(11)16/h4-7,9-10H,3,8H2,1-2H3. The van der Waals surface area contributed by atoms with Crippen LogP contribution in [0.4, 0.5) is 0 Å². The van der Waals surface area contributed by atoms with Crippen LogP contribution in [0.3, 0.4) is 0 Å². The molecule has 0 bridgehead atoms. The first-order valence-corrected chi connectivity index (χ1v) is 8.48. The summed E-state index contributed by atoms with van der Waals surface area (Å²) in [6, 6.07) is 7.57. The molecule has 0 saturated carbocycles. The van der Waals surface area contributed by atoms with Crippen LogP contribution in [-0.4, -0.2) is 14.5 Å². The summed E-state index contributed by atoms with van der Waals surface area (Å²) in [5, 5.41) is 0.650. The van der Waals surface area contributed by atoms with E-state index >= 15 is 0 Å². The molecule has 1 heterocycles. The number of rotatable bonds is 4. The van der Waals surface area contributed by atoms with Crippen LogP contribution < -0.4 is 0 Å². The second kappa shape index (κ2) is 6.66. The quantitative estimate of drug-likeness (QED) is 0.767. The van der Waals surface area contributed by atoms with Crippen LogP contribution in [0.5, 0.6) is 0 Å². The first-order valence-electron chi connectivity index (χ1n) is 6.38. The smallest absolute Gasteiger partial charge is 0.0737 e. The monoisotopic (exact) mass is 325 g/mol. The van der Waals surface area contributed by atoms with Crippen LogP contribution in [0.1, 0.15) is 13.3 Å². The van der Waals surface area contributed by atoms with Gasteiger partial charge < -0.3 is 4.57 Å². The number of hydrogen-bond acceptors (Lipinski definition) is 2. The number of aryl methyl sites for hydroxylation is 1. The van der Waals surface area contributed by atoms with E-state index in [-0.39, 0.29) is 0 Å². The van der Waals surface area contributed by atoms with Crippen LogP contribution in [0, 0.1) is 4.51 Å². The molecular formula is C15H16ClNOS2. The molecule has 0 saturated heterocycles. The molecule has 0 aliphatic carbocycles. The maximum absolute atomic E-state index is 12.3. The van der Waals surface area contributed by atoms with Gasteiger partial charge in [0.15, 0.2) is 0 Å². The van der Waals surface area contributed by atoms with Crippen molar-refractivity contribution in [3.05, 3.63) is 46.2 Å². The molecule has 0 radical (unpaired) electrons. The number of hydrogen-bond donors (Lipinski definition) is 0. The average Bonchev–Trinajstić information content (AvgIpc) is 2.42. The highest BCUT2D eigenvalue weighted by Gasteiger charge is 2.12. The molecule has 2 nitrogen and oxygen atoms in total. The van der Waals surface area contributed by atoms with E-state index in [4.69, 9.17) is 23.8 Å². The SMILES string of the molecule is CCCS(=O)c1cn(C)cc(-c2ccccc2Cl)c1=S. The van der Waals surface area contributed by atoms with Crippen molar-refractivity contribution in [2.45, 2.75) is 18.2 Å². The zero-order valence-electron chi connectivity index (χ0n) is 11.4. The summed E-state index contributed by atoms with van der Waals surface area (Å²) in [6.07, 6.45) is 4.63. The van der Waals surface area contributed by atoms with E-state index < -0.39 is 10.8 Å². The molecule has 1 aromatic carbocycles. The molecule has 5 heteroatoms. The zero-order chi connectivity index (χ0) is 14.7. The largest absolute Gasteiger partial charge is 0.355 e. The molecule has 1 aromatic heterocycles. The number of aromatic nitrogens is 1. The second-order valence-electron chi connectivity index (χ2n) is 4.56. The second-order valence-corrected chi connectivity index (χ2v) is 6.91. The Labute approximate surface area is 131 Å². The van der Waals surface area contributed by atoms with Crippen LogP contribution in [0.2, 0.25) is 5.02 Å². The van der Waals surface area contributed by atoms with E-state index in [1.807, 2.05) is 55.2 Å². The lowest BCUT2D eigenvalue weighted by atomic mass is 10.1. The summed E-state index contributed by atoms with van der Waals surface area (Å²) in [5.41, 5.74) is 1.74. The maximum Gasteiger partial charge on any atom is 0.0737 e. The Kier molecular flexibility index (Phi) is 5.13. The molecule has 0 spiro atoms. The number of benzene rings is 1. The van der Waals surface area contributed by atoms with Crippen molar-refractivity contribution < 1.29 is 4.21 Å². The number of nitrogens with zero attached hydrogens (tertiary/aromatic N) is 1. The lowest BCUT2D eigenvalue weighted by Crippen LogP contribution is -2.03. The summed E-state index contributed by atoms with van der Waals surface area (Å²) < 4.78 is 14.8. The van der Waals surface area contributed by atoms with Gasteiger partial charge in [-0.05, 0) is 12.5 Å². The molecule has 1 atom stereocenters. The Morgan fingerprint density at radius 3 is 2.60 bits per heavy atom. The van der Waals surface area contributed by atoms with E-state index in [1.165, 1.54) is 0 Å². The molecule has 2 aromatic rings. The fourth-order valence-electron chi connectivity index (χ4n) is 2.00. The third-order valence-corrected chi connectivity index (χ3v) is 5.40. The molecule has 0 amide bonds. The van der Waals surface area contributed by atoms with E-state index in [0.717, 1.165) is 17.5 Å². The minimum absolute atomic E-state index is 0.621. The van der Waals surface area contributed by atoms with Gasteiger partial charge in [-0.1, -0.05) is 48.9 Å². The van der Waals surface area contributed by atoms with Gasteiger partial charge in [0, 0.05) is 41.3 Å². The molecule has 0 N–H and O–H groups in total. The van der Waals surface area contributed by atoms with E-state index in [1.54, 1.807) is 0 Å². The normalized spacial score (nSPS) is 12.3. The summed E-state index contributed by atoms with van der Waals surface area (Å²) in [6.45, 7) is 2.01. The lowest BCUT2D eigenvalue weighted by Gasteiger charge is -2.11. The maximum atomic E-state index is 12.3. The minimum atomic E-state index is -1.06. The van der Waals surface area contributed by atoms with Crippen LogP contribution in [0.25, 0.3) is 11.1 Å². The Morgan fingerprint density at radius 2 is 1.95 bits per heavy atom. The molecule has 0 aliphatic heterocycles. The summed E-state index contributed by atoms with van der Waals surface area (Å²) >= 11 is 11.8. The van der Waals surface area contributed by atoms with Crippen molar-refractivity contribution in [3.63, 3.8) is 0 Å². The van der Waals surface area contributed by atoms with Crippen LogP contribution in [0.15, 0.2) is 41.6 Å². The fraction of sp³-hybridized carbons (Fsp3) is 0.267. The molecule has 0 aliphatic rings. The molecule has 2 rings (SSSR count). The van der Waals surface area contributed by atoms with Gasteiger partial charge in [-0.25, -0.2) is 0 Å². The molecule has 20 heavy (non-hydrogen) atoms. The average molecular weight is 326 g/mol. The fourth-order valence-corrected chi connectivity index (χ4v) is 3.93. The highest BCUT2D eigenvalue weighted by Crippen LogP contribution is 2.30. The van der Waals surface area contributed by atoms with Gasteiger partial charge in [-0.2, -0.15) is 0 Å². The predicted octanol–water partition coefficient (Wildman–Crippen LogP) is 4.59. The minimum Gasteiger partial charge on any atom is -0.355 e. The van der Waals surface area contributed by atoms with Crippen molar-refractivity contribution >= 4 is 34.6 Å². The summed E-state index contributed by atoms with van der Waals surface area (Å²) in [5.74, 6) is 0.621. The van der Waals surface area contributed by atoms with Crippen LogP contribution in [-0.2, 0) is 17.8 Å². The first-order chi connectivity index (χ1) is 9.54. The highest BCUT2D eigenvalue weighted by atomic mass is 35.5. The first kappa shape index (κ1) is 15.4. The van der Waals surface area contributed by atoms with Gasteiger partial charge in [-0.3, -0.25) is 4.21 Å². The van der Waals surface area contributed by atoms with Gasteiger partial charge >= 0.3 is 0 Å².